The number of halogens is 1. The summed E-state index contributed by atoms with van der Waals surface area (Å²) >= 11 is 6.72. The van der Waals surface area contributed by atoms with Crippen LogP contribution in [0.25, 0.3) is 10.8 Å². The third kappa shape index (κ3) is 4.58. The second-order valence-corrected chi connectivity index (χ2v) is 12.7. The van der Waals surface area contributed by atoms with Gasteiger partial charge in [-0.3, -0.25) is 9.69 Å². The molecule has 4 heterocycles. The average Bonchev–Trinajstić information content (AvgIpc) is 3.34. The summed E-state index contributed by atoms with van der Waals surface area (Å²) in [4.78, 5) is 22.4. The highest BCUT2D eigenvalue weighted by Gasteiger charge is 2.64. The quantitative estimate of drug-likeness (QED) is 0.592. The van der Waals surface area contributed by atoms with Crippen molar-refractivity contribution in [1.82, 2.24) is 9.88 Å². The van der Waals surface area contributed by atoms with Crippen LogP contribution in [-0.4, -0.2) is 84.6 Å². The normalized spacial score (nSPS) is 33.4. The smallest absolute Gasteiger partial charge is 0.229 e. The first-order valence-electron chi connectivity index (χ1n) is 14.0. The molecule has 8 nitrogen and oxygen atoms in total. The molecule has 0 spiro atoms. The number of aliphatic hydroxyl groups excluding tert-OH is 1. The van der Waals surface area contributed by atoms with Crippen molar-refractivity contribution in [2.24, 2.45) is 17.3 Å². The largest absolute Gasteiger partial charge is 0.389 e. The molecule has 4 aliphatic rings. The molecule has 1 saturated carbocycles. The Bertz CT molecular complexity index is 1210. The van der Waals surface area contributed by atoms with Gasteiger partial charge in [-0.05, 0) is 55.2 Å². The minimum atomic E-state index is -0.467. The molecule has 3 unspecified atom stereocenters. The number of carbonyl (C=O) groups excluding carboxylic acids is 1. The van der Waals surface area contributed by atoms with Crippen LogP contribution in [0.2, 0.25) is 5.02 Å². The standard InChI is InChI=1S/C29H39ClN4O4/c1-28(2)25(22-6-4-5-11-38-22)26(28)27(36)32-24-14-18-13-21(20(30)12-19(18)15-31-24)33-7-9-34(10-8-33)29(3)17-37-16-23(29)35/h12-15,22-23,25-26,35H,4-11,16-17H2,1-3H3,(H,31,32,36)/t22?,23-,25?,26?,29+/m1/s1. The zero-order chi connectivity index (χ0) is 26.7. The number of nitrogens with zero attached hydrogens (tertiary/aromatic N) is 3. The maximum atomic E-state index is 13.3. The van der Waals surface area contributed by atoms with E-state index in [9.17, 15) is 9.90 Å². The van der Waals surface area contributed by atoms with Gasteiger partial charge in [0.25, 0.3) is 0 Å². The third-order valence-electron chi connectivity index (χ3n) is 9.58. The fourth-order valence-electron chi connectivity index (χ4n) is 7.00. The lowest BCUT2D eigenvalue weighted by Gasteiger charge is -2.45. The summed E-state index contributed by atoms with van der Waals surface area (Å²) in [5, 5.41) is 16.1. The fourth-order valence-corrected chi connectivity index (χ4v) is 7.29. The van der Waals surface area contributed by atoms with Crippen LogP contribution < -0.4 is 10.2 Å². The van der Waals surface area contributed by atoms with Crippen LogP contribution in [0.5, 0.6) is 0 Å². The highest BCUT2D eigenvalue weighted by Crippen LogP contribution is 2.61. The topological polar surface area (TPSA) is 87.2 Å². The Morgan fingerprint density at radius 2 is 1.92 bits per heavy atom. The lowest BCUT2D eigenvalue weighted by Crippen LogP contribution is -2.60. The van der Waals surface area contributed by atoms with Crippen LogP contribution in [-0.2, 0) is 14.3 Å². The fraction of sp³-hybridized carbons (Fsp3) is 0.655. The number of nitrogens with one attached hydrogen (secondary N) is 1. The summed E-state index contributed by atoms with van der Waals surface area (Å²) in [5.74, 6) is 0.782. The molecule has 5 atom stereocenters. The number of rotatable bonds is 5. The van der Waals surface area contributed by atoms with Crippen LogP contribution in [0.1, 0.15) is 40.0 Å². The Balaban J connectivity index is 1.15. The number of fused-ring (bicyclic) bond motifs is 1. The Labute approximate surface area is 229 Å². The molecule has 1 aromatic carbocycles. The van der Waals surface area contributed by atoms with E-state index in [2.05, 4.69) is 46.9 Å². The molecule has 2 N–H and O–H groups in total. The van der Waals surface area contributed by atoms with E-state index < -0.39 is 6.10 Å². The van der Waals surface area contributed by atoms with Crippen LogP contribution in [0.15, 0.2) is 24.4 Å². The molecule has 4 fully saturated rings. The Kier molecular flexibility index (Phi) is 6.84. The molecule has 0 radical (unpaired) electrons. The van der Waals surface area contributed by atoms with Crippen molar-refractivity contribution in [3.05, 3.63) is 29.4 Å². The molecule has 2 aromatic rings. The van der Waals surface area contributed by atoms with Gasteiger partial charge < -0.3 is 24.8 Å². The zero-order valence-electron chi connectivity index (χ0n) is 22.6. The number of anilines is 2. The average molecular weight is 543 g/mol. The van der Waals surface area contributed by atoms with Gasteiger partial charge in [0.2, 0.25) is 5.91 Å². The highest BCUT2D eigenvalue weighted by molar-refractivity contribution is 6.34. The monoisotopic (exact) mass is 542 g/mol. The minimum Gasteiger partial charge on any atom is -0.389 e. The van der Waals surface area contributed by atoms with E-state index in [0.717, 1.165) is 62.1 Å². The number of piperazine rings is 1. The summed E-state index contributed by atoms with van der Waals surface area (Å²) < 4.78 is 11.6. The SMILES string of the molecule is CC1(C)C(C(=O)Nc2cc3cc(N4CCN([C@@]5(C)COC[C@H]5O)CC4)c(Cl)cc3cn2)C1C1CCCCO1. The van der Waals surface area contributed by atoms with Crippen molar-refractivity contribution >= 4 is 39.8 Å². The molecule has 206 valence electrons. The van der Waals surface area contributed by atoms with Gasteiger partial charge in [-0.15, -0.1) is 0 Å². The number of aromatic nitrogens is 1. The molecule has 1 aliphatic carbocycles. The van der Waals surface area contributed by atoms with Crippen LogP contribution in [0, 0.1) is 17.3 Å². The van der Waals surface area contributed by atoms with Gasteiger partial charge in [0.15, 0.2) is 0 Å². The maximum Gasteiger partial charge on any atom is 0.229 e. The highest BCUT2D eigenvalue weighted by atomic mass is 35.5. The van der Waals surface area contributed by atoms with E-state index in [1.54, 1.807) is 6.20 Å². The number of pyridine rings is 1. The molecule has 1 amide bonds. The van der Waals surface area contributed by atoms with Crippen molar-refractivity contribution in [2.75, 3.05) is 56.2 Å². The van der Waals surface area contributed by atoms with E-state index in [4.69, 9.17) is 21.1 Å². The first-order chi connectivity index (χ1) is 18.2. The first kappa shape index (κ1) is 26.3. The number of hydrogen-bond donors (Lipinski definition) is 2. The van der Waals surface area contributed by atoms with Gasteiger partial charge in [0.1, 0.15) is 5.82 Å². The van der Waals surface area contributed by atoms with E-state index in [1.165, 1.54) is 6.42 Å². The van der Waals surface area contributed by atoms with Crippen molar-refractivity contribution < 1.29 is 19.4 Å². The number of amides is 1. The Morgan fingerprint density at radius 3 is 2.61 bits per heavy atom. The summed E-state index contributed by atoms with van der Waals surface area (Å²) in [5.41, 5.74) is 0.577. The van der Waals surface area contributed by atoms with Gasteiger partial charge in [-0.25, -0.2) is 4.98 Å². The molecule has 1 aromatic heterocycles. The molecule has 3 saturated heterocycles. The number of hydrogen-bond acceptors (Lipinski definition) is 7. The van der Waals surface area contributed by atoms with E-state index in [1.807, 2.05) is 12.1 Å². The summed E-state index contributed by atoms with van der Waals surface area (Å²) in [6, 6.07) is 5.99. The van der Waals surface area contributed by atoms with Crippen LogP contribution in [0.3, 0.4) is 0 Å². The summed E-state index contributed by atoms with van der Waals surface area (Å²) in [6.45, 7) is 11.4. The third-order valence-corrected chi connectivity index (χ3v) is 9.88. The Hall–Kier alpha value is -1.97. The molecule has 3 aliphatic heterocycles. The summed E-state index contributed by atoms with van der Waals surface area (Å²) in [7, 11) is 0. The molecular formula is C29H39ClN4O4. The van der Waals surface area contributed by atoms with Crippen molar-refractivity contribution in [1.29, 1.82) is 0 Å². The van der Waals surface area contributed by atoms with Gasteiger partial charge >= 0.3 is 0 Å². The Morgan fingerprint density at radius 1 is 1.13 bits per heavy atom. The summed E-state index contributed by atoms with van der Waals surface area (Å²) in [6.07, 6.45) is 4.81. The lowest BCUT2D eigenvalue weighted by atomic mass is 9.95. The minimum absolute atomic E-state index is 0.0258. The van der Waals surface area contributed by atoms with Gasteiger partial charge in [-0.2, -0.15) is 0 Å². The van der Waals surface area contributed by atoms with E-state index in [0.29, 0.717) is 24.1 Å². The maximum absolute atomic E-state index is 13.3. The van der Waals surface area contributed by atoms with Crippen molar-refractivity contribution in [3.8, 4) is 0 Å². The second kappa shape index (κ2) is 9.89. The molecule has 9 heteroatoms. The van der Waals surface area contributed by atoms with Crippen molar-refractivity contribution in [2.45, 2.75) is 57.8 Å². The van der Waals surface area contributed by atoms with Gasteiger partial charge in [-0.1, -0.05) is 25.4 Å². The van der Waals surface area contributed by atoms with E-state index >= 15 is 0 Å². The van der Waals surface area contributed by atoms with Gasteiger partial charge in [0.05, 0.1) is 41.7 Å². The number of carbonyl (C=O) groups is 1. The zero-order valence-corrected chi connectivity index (χ0v) is 23.3. The predicted molar refractivity (Wildman–Crippen MR) is 149 cm³/mol. The number of benzene rings is 1. The van der Waals surface area contributed by atoms with Crippen LogP contribution >= 0.6 is 11.6 Å². The van der Waals surface area contributed by atoms with E-state index in [-0.39, 0.29) is 34.8 Å². The van der Waals surface area contributed by atoms with Crippen LogP contribution in [0.4, 0.5) is 11.5 Å². The lowest BCUT2D eigenvalue weighted by molar-refractivity contribution is -0.118. The second-order valence-electron chi connectivity index (χ2n) is 12.3. The number of aliphatic hydroxyl groups is 1. The molecule has 38 heavy (non-hydrogen) atoms. The predicted octanol–water partition coefficient (Wildman–Crippen LogP) is 3.94. The molecule has 6 rings (SSSR count). The first-order valence-corrected chi connectivity index (χ1v) is 14.3. The number of ether oxygens (including phenoxy) is 2. The van der Waals surface area contributed by atoms with Crippen molar-refractivity contribution in [3.63, 3.8) is 0 Å². The molecule has 0 bridgehead atoms. The van der Waals surface area contributed by atoms with Gasteiger partial charge in [0, 0.05) is 56.2 Å². The molecular weight excluding hydrogens is 504 g/mol.